The summed E-state index contributed by atoms with van der Waals surface area (Å²) < 4.78 is 17.0. The molecule has 1 spiro atoms. The molecule has 6 heteroatoms. The molecular weight excluding hydrogens is 428 g/mol. The minimum absolute atomic E-state index is 0.0458. The minimum atomic E-state index is -0.0840. The quantitative estimate of drug-likeness (QED) is 0.542. The summed E-state index contributed by atoms with van der Waals surface area (Å²) in [5.41, 5.74) is 3.62. The Kier molecular flexibility index (Phi) is 7.79. The van der Waals surface area contributed by atoms with E-state index in [4.69, 9.17) is 14.2 Å². The van der Waals surface area contributed by atoms with Crippen molar-refractivity contribution in [3.8, 4) is 11.5 Å². The number of fused-ring (bicyclic) bond motifs is 2. The lowest BCUT2D eigenvalue weighted by atomic mass is 9.68. The zero-order valence-electron chi connectivity index (χ0n) is 21.0. The number of hydrogen-bond acceptors (Lipinski definition) is 6. The summed E-state index contributed by atoms with van der Waals surface area (Å²) in [6.45, 7) is 3.37. The van der Waals surface area contributed by atoms with Gasteiger partial charge in [-0.25, -0.2) is 0 Å². The molecule has 2 aromatic carbocycles. The average Bonchev–Trinajstić information content (AvgIpc) is 2.87. The number of ether oxygens (including phenoxy) is 3. The Balaban J connectivity index is 1.54. The van der Waals surface area contributed by atoms with Crippen LogP contribution in [0.3, 0.4) is 0 Å². The van der Waals surface area contributed by atoms with Gasteiger partial charge in [0.1, 0.15) is 6.61 Å². The Morgan fingerprint density at radius 1 is 1.06 bits per heavy atom. The van der Waals surface area contributed by atoms with E-state index in [1.165, 1.54) is 11.1 Å². The average molecular weight is 467 g/mol. The fraction of sp³-hybridized carbons (Fsp3) is 0.536. The van der Waals surface area contributed by atoms with Crippen LogP contribution in [0.4, 0.5) is 0 Å². The van der Waals surface area contributed by atoms with Crippen LogP contribution in [0.15, 0.2) is 42.5 Å². The second-order valence-corrected chi connectivity index (χ2v) is 9.80. The number of benzene rings is 2. The van der Waals surface area contributed by atoms with Crippen LogP contribution in [0.2, 0.25) is 0 Å². The molecule has 0 bridgehead atoms. The summed E-state index contributed by atoms with van der Waals surface area (Å²) in [7, 11) is 7.64. The van der Waals surface area contributed by atoms with E-state index in [1.807, 2.05) is 30.3 Å². The van der Waals surface area contributed by atoms with Crippen LogP contribution < -0.4 is 9.47 Å². The number of esters is 1. The predicted molar refractivity (Wildman–Crippen MR) is 133 cm³/mol. The van der Waals surface area contributed by atoms with Crippen LogP contribution in [0.25, 0.3) is 0 Å². The molecule has 0 saturated heterocycles. The highest BCUT2D eigenvalue weighted by Crippen LogP contribution is 2.50. The van der Waals surface area contributed by atoms with E-state index in [-0.39, 0.29) is 17.4 Å². The van der Waals surface area contributed by atoms with Crippen molar-refractivity contribution in [3.05, 3.63) is 59.2 Å². The molecule has 0 aromatic heterocycles. The molecule has 184 valence electrons. The van der Waals surface area contributed by atoms with Gasteiger partial charge in [-0.3, -0.25) is 9.69 Å². The Hall–Kier alpha value is -2.57. The van der Waals surface area contributed by atoms with Gasteiger partial charge in [0.2, 0.25) is 0 Å². The summed E-state index contributed by atoms with van der Waals surface area (Å²) in [6, 6.07) is 14.2. The number of nitrogens with zero attached hydrogens (tertiary/aromatic N) is 2. The van der Waals surface area contributed by atoms with Crippen LogP contribution >= 0.6 is 0 Å². The van der Waals surface area contributed by atoms with Crippen molar-refractivity contribution in [1.29, 1.82) is 0 Å². The summed E-state index contributed by atoms with van der Waals surface area (Å²) in [6.07, 6.45) is 4.54. The fourth-order valence-electron chi connectivity index (χ4n) is 5.61. The standard InChI is InChI=1S/C28H38N2O4/c1-29(2)16-17-30-15-12-23-18-25(32-3)26(33-4)19-24(23)28(30)13-10-22(11-14-28)27(31)34-20-21-8-6-5-7-9-21/h5-9,18-19,22H,10-17,20H2,1-4H3/t22-,28-. The van der Waals surface area contributed by atoms with Gasteiger partial charge in [0.15, 0.2) is 11.5 Å². The molecule has 1 aliphatic carbocycles. The van der Waals surface area contributed by atoms with E-state index in [0.29, 0.717) is 6.61 Å². The van der Waals surface area contributed by atoms with Crippen LogP contribution in [-0.2, 0) is 28.1 Å². The van der Waals surface area contributed by atoms with Crippen LogP contribution in [-0.4, -0.2) is 63.7 Å². The highest BCUT2D eigenvalue weighted by molar-refractivity contribution is 5.72. The first kappa shape index (κ1) is 24.6. The van der Waals surface area contributed by atoms with Gasteiger partial charge in [-0.2, -0.15) is 0 Å². The maximum absolute atomic E-state index is 12.9. The van der Waals surface area contributed by atoms with Crippen LogP contribution in [0, 0.1) is 5.92 Å². The van der Waals surface area contributed by atoms with E-state index in [2.05, 4.69) is 36.0 Å². The summed E-state index contributed by atoms with van der Waals surface area (Å²) in [5, 5.41) is 0. The zero-order valence-corrected chi connectivity index (χ0v) is 21.0. The van der Waals surface area contributed by atoms with Crippen molar-refractivity contribution >= 4 is 5.97 Å². The minimum Gasteiger partial charge on any atom is -0.493 e. The molecule has 1 fully saturated rings. The Morgan fingerprint density at radius 2 is 1.74 bits per heavy atom. The molecule has 0 N–H and O–H groups in total. The normalized spacial score (nSPS) is 22.4. The molecule has 4 rings (SSSR count). The number of carbonyl (C=O) groups excluding carboxylic acids is 1. The molecule has 1 saturated carbocycles. The summed E-state index contributed by atoms with van der Waals surface area (Å²) in [5.74, 6) is 1.45. The van der Waals surface area contributed by atoms with E-state index < -0.39 is 0 Å². The van der Waals surface area contributed by atoms with E-state index >= 15 is 0 Å². The number of likely N-dealkylation sites (N-methyl/N-ethyl adjacent to an activating group) is 1. The molecule has 2 aromatic rings. The predicted octanol–water partition coefficient (Wildman–Crippen LogP) is 4.25. The smallest absolute Gasteiger partial charge is 0.309 e. The monoisotopic (exact) mass is 466 g/mol. The second kappa shape index (κ2) is 10.8. The van der Waals surface area contributed by atoms with Gasteiger partial charge in [0.05, 0.1) is 20.1 Å². The number of carbonyl (C=O) groups is 1. The first-order valence-electron chi connectivity index (χ1n) is 12.3. The summed E-state index contributed by atoms with van der Waals surface area (Å²) >= 11 is 0. The van der Waals surface area contributed by atoms with Crippen molar-refractivity contribution in [2.75, 3.05) is 47.9 Å². The van der Waals surface area contributed by atoms with Gasteiger partial charge in [-0.1, -0.05) is 30.3 Å². The second-order valence-electron chi connectivity index (χ2n) is 9.80. The van der Waals surface area contributed by atoms with Gasteiger partial charge in [0.25, 0.3) is 0 Å². The maximum Gasteiger partial charge on any atom is 0.309 e. The highest BCUT2D eigenvalue weighted by atomic mass is 16.5. The van der Waals surface area contributed by atoms with E-state index in [9.17, 15) is 4.79 Å². The first-order chi connectivity index (χ1) is 16.5. The molecule has 0 amide bonds. The maximum atomic E-state index is 12.9. The third-order valence-corrected chi connectivity index (χ3v) is 7.55. The molecule has 0 radical (unpaired) electrons. The third kappa shape index (κ3) is 5.08. The molecule has 1 heterocycles. The van der Waals surface area contributed by atoms with Gasteiger partial charge in [-0.15, -0.1) is 0 Å². The van der Waals surface area contributed by atoms with Gasteiger partial charge < -0.3 is 19.1 Å². The van der Waals surface area contributed by atoms with Crippen molar-refractivity contribution < 1.29 is 19.0 Å². The van der Waals surface area contributed by atoms with Crippen molar-refractivity contribution in [2.45, 2.75) is 44.2 Å². The topological polar surface area (TPSA) is 51.2 Å². The largest absolute Gasteiger partial charge is 0.493 e. The van der Waals surface area contributed by atoms with Gasteiger partial charge >= 0.3 is 5.97 Å². The molecular formula is C28H38N2O4. The van der Waals surface area contributed by atoms with Crippen LogP contribution in [0.1, 0.15) is 42.4 Å². The Bertz CT molecular complexity index is 968. The molecule has 34 heavy (non-hydrogen) atoms. The molecule has 1 aliphatic heterocycles. The lowest BCUT2D eigenvalue weighted by Gasteiger charge is -2.52. The van der Waals surface area contributed by atoms with E-state index in [1.54, 1.807) is 14.2 Å². The number of rotatable bonds is 8. The molecule has 6 nitrogen and oxygen atoms in total. The van der Waals surface area contributed by atoms with Crippen molar-refractivity contribution in [2.24, 2.45) is 5.92 Å². The molecule has 0 unspecified atom stereocenters. The van der Waals surface area contributed by atoms with Gasteiger partial charge in [-0.05, 0) is 75.0 Å². The molecule has 0 atom stereocenters. The third-order valence-electron chi connectivity index (χ3n) is 7.55. The van der Waals surface area contributed by atoms with Gasteiger partial charge in [0, 0.05) is 25.2 Å². The lowest BCUT2D eigenvalue weighted by molar-refractivity contribution is -0.152. The summed E-state index contributed by atoms with van der Waals surface area (Å²) in [4.78, 5) is 17.8. The van der Waals surface area contributed by atoms with E-state index in [0.717, 1.165) is 68.8 Å². The van der Waals surface area contributed by atoms with Crippen molar-refractivity contribution in [1.82, 2.24) is 9.80 Å². The highest BCUT2D eigenvalue weighted by Gasteiger charge is 2.46. The Labute approximate surface area is 203 Å². The zero-order chi connectivity index (χ0) is 24.1. The van der Waals surface area contributed by atoms with Crippen molar-refractivity contribution in [3.63, 3.8) is 0 Å². The fourth-order valence-corrected chi connectivity index (χ4v) is 5.61. The number of hydrogen-bond donors (Lipinski definition) is 0. The lowest BCUT2D eigenvalue weighted by Crippen LogP contribution is -2.54. The first-order valence-corrected chi connectivity index (χ1v) is 12.3. The number of methoxy groups -OCH3 is 2. The Morgan fingerprint density at radius 3 is 2.38 bits per heavy atom. The van der Waals surface area contributed by atoms with Crippen LogP contribution in [0.5, 0.6) is 11.5 Å². The molecule has 2 aliphatic rings. The SMILES string of the molecule is COc1cc2c(cc1OC)[C@]1(CC[C@@H](C(=O)OCc3ccccc3)CC1)N(CCN(C)C)CC2.